The van der Waals surface area contributed by atoms with E-state index >= 15 is 0 Å². The van der Waals surface area contributed by atoms with Crippen LogP contribution in [-0.2, 0) is 14.2 Å². The number of rotatable bonds is 4. The van der Waals surface area contributed by atoms with Crippen LogP contribution in [0.4, 0.5) is 30.7 Å². The molecular formula is C14H6Br2ClF7NO2S. The van der Waals surface area contributed by atoms with Gasteiger partial charge in [0.05, 0.1) is 9.23 Å². The van der Waals surface area contributed by atoms with E-state index in [0.717, 1.165) is 0 Å². The van der Waals surface area contributed by atoms with Gasteiger partial charge in [-0.15, -0.1) is 0 Å². The van der Waals surface area contributed by atoms with Gasteiger partial charge in [0.25, 0.3) is 0 Å². The van der Waals surface area contributed by atoms with Crippen molar-refractivity contribution < 1.29 is 39.2 Å². The maximum atomic E-state index is 13.9. The van der Waals surface area contributed by atoms with Gasteiger partial charge in [0.15, 0.2) is 0 Å². The highest BCUT2D eigenvalue weighted by atomic mass is 79.9. The Bertz CT molecular complexity index is 963. The molecule has 28 heavy (non-hydrogen) atoms. The van der Waals surface area contributed by atoms with Crippen molar-refractivity contribution in [3.63, 3.8) is 0 Å². The summed E-state index contributed by atoms with van der Waals surface area (Å²) in [6.45, 7) is 0. The van der Waals surface area contributed by atoms with Gasteiger partial charge in [0.1, 0.15) is 5.15 Å². The summed E-state index contributed by atoms with van der Waals surface area (Å²) in [4.78, 5) is 2.24. The molecule has 0 aromatic carbocycles. The first kappa shape index (κ1) is 23.6. The highest BCUT2D eigenvalue weighted by Crippen LogP contribution is 2.53. The average molecular weight is 581 g/mol. The topological polar surface area (TPSA) is 47.0 Å². The summed E-state index contributed by atoms with van der Waals surface area (Å²) in [6.07, 6.45) is -3.33. The predicted octanol–water partition coefficient (Wildman–Crippen LogP) is 5.91. The van der Waals surface area contributed by atoms with Crippen LogP contribution in [0.15, 0.2) is 39.9 Å². The Balaban J connectivity index is 2.68. The summed E-state index contributed by atoms with van der Waals surface area (Å²) in [5, 5.41) is -6.67. The highest BCUT2D eigenvalue weighted by molar-refractivity contribution is 9.12. The SMILES string of the molecule is O=S(=O)(C1=CC(Br)(c2cccnc2Cl)[CH]C(Br)=C1)C(F)(F)C(F)(F)C(F)(F)F. The molecule has 1 aliphatic rings. The minimum atomic E-state index is -6.83. The van der Waals surface area contributed by atoms with Gasteiger partial charge in [-0.2, -0.15) is 30.7 Å². The lowest BCUT2D eigenvalue weighted by molar-refractivity contribution is -0.331. The third-order valence-corrected chi connectivity index (χ3v) is 6.95. The van der Waals surface area contributed by atoms with E-state index in [2.05, 4.69) is 36.8 Å². The zero-order chi connectivity index (χ0) is 21.8. The number of nitrogens with zero attached hydrogens (tertiary/aromatic N) is 1. The molecule has 1 heterocycles. The van der Waals surface area contributed by atoms with Crippen molar-refractivity contribution in [3.8, 4) is 0 Å². The Labute approximate surface area is 175 Å². The highest BCUT2D eigenvalue weighted by Gasteiger charge is 2.79. The Hall–Kier alpha value is -0.660. The van der Waals surface area contributed by atoms with Crippen LogP contribution in [0.5, 0.6) is 0 Å². The van der Waals surface area contributed by atoms with Crippen molar-refractivity contribution in [3.05, 3.63) is 57.0 Å². The first-order valence-electron chi connectivity index (χ1n) is 6.80. The number of hydrogen-bond donors (Lipinski definition) is 0. The van der Waals surface area contributed by atoms with Crippen LogP contribution in [-0.4, -0.2) is 30.8 Å². The van der Waals surface area contributed by atoms with Gasteiger partial charge in [0.2, 0.25) is 9.84 Å². The van der Waals surface area contributed by atoms with E-state index in [1.165, 1.54) is 24.8 Å². The number of sulfone groups is 1. The van der Waals surface area contributed by atoms with Gasteiger partial charge in [-0.1, -0.05) is 49.5 Å². The van der Waals surface area contributed by atoms with Gasteiger partial charge in [0, 0.05) is 22.7 Å². The Morgan fingerprint density at radius 2 is 1.68 bits per heavy atom. The second-order valence-corrected chi connectivity index (χ2v) is 10.00. The number of pyridine rings is 1. The van der Waals surface area contributed by atoms with Crippen LogP contribution >= 0.6 is 43.5 Å². The molecule has 0 N–H and O–H groups in total. The largest absolute Gasteiger partial charge is 0.461 e. The molecule has 0 saturated carbocycles. The lowest BCUT2D eigenvalue weighted by Crippen LogP contribution is -2.56. The van der Waals surface area contributed by atoms with Gasteiger partial charge >= 0.3 is 17.4 Å². The maximum Gasteiger partial charge on any atom is 0.461 e. The van der Waals surface area contributed by atoms with Crippen LogP contribution in [0.2, 0.25) is 5.15 Å². The fraction of sp³-hybridized carbons (Fsp3) is 0.286. The molecule has 1 aliphatic carbocycles. The molecule has 0 aliphatic heterocycles. The minimum Gasteiger partial charge on any atom is -0.244 e. The Kier molecular flexibility index (Phi) is 6.11. The molecule has 155 valence electrons. The van der Waals surface area contributed by atoms with E-state index in [-0.39, 0.29) is 15.2 Å². The van der Waals surface area contributed by atoms with Crippen LogP contribution in [0.25, 0.3) is 0 Å². The number of hydrogen-bond acceptors (Lipinski definition) is 3. The fourth-order valence-electron chi connectivity index (χ4n) is 2.13. The number of alkyl halides is 8. The van der Waals surface area contributed by atoms with E-state index in [9.17, 15) is 39.2 Å². The normalized spacial score (nSPS) is 21.9. The maximum absolute atomic E-state index is 13.9. The lowest BCUT2D eigenvalue weighted by Gasteiger charge is -2.32. The molecule has 0 fully saturated rings. The van der Waals surface area contributed by atoms with E-state index in [1.54, 1.807) is 0 Å². The molecule has 2 rings (SSSR count). The van der Waals surface area contributed by atoms with Crippen LogP contribution in [0.1, 0.15) is 5.56 Å². The molecular weight excluding hydrogens is 574 g/mol. The van der Waals surface area contributed by atoms with Gasteiger partial charge < -0.3 is 0 Å². The van der Waals surface area contributed by atoms with Gasteiger partial charge in [-0.25, -0.2) is 13.4 Å². The molecule has 3 nitrogen and oxygen atoms in total. The number of aromatic nitrogens is 1. The zero-order valence-corrected chi connectivity index (χ0v) is 17.7. The summed E-state index contributed by atoms with van der Waals surface area (Å²) in [5.41, 5.74) is 0.0281. The lowest BCUT2D eigenvalue weighted by atomic mass is 9.93. The van der Waals surface area contributed by atoms with Crippen molar-refractivity contribution >= 4 is 53.3 Å². The van der Waals surface area contributed by atoms with E-state index in [4.69, 9.17) is 11.6 Å². The molecule has 0 bridgehead atoms. The molecule has 1 unspecified atom stereocenters. The van der Waals surface area contributed by atoms with Gasteiger partial charge in [-0.3, -0.25) is 0 Å². The quantitative estimate of drug-likeness (QED) is 0.253. The summed E-state index contributed by atoms with van der Waals surface area (Å²) in [6, 6.07) is 2.67. The number of halogens is 10. The average Bonchev–Trinajstić information content (AvgIpc) is 2.52. The van der Waals surface area contributed by atoms with E-state index in [1.807, 2.05) is 0 Å². The standard InChI is InChI=1S/C14H6Br2ClF7NO2S/c15-7-4-8(6-11(16,5-7)9-2-1-3-25-10(9)17)28(26,27)14(23,24)12(18,19)13(20,21)22/h1-6H. The van der Waals surface area contributed by atoms with Crippen molar-refractivity contribution in [2.45, 2.75) is 21.7 Å². The van der Waals surface area contributed by atoms with Crippen molar-refractivity contribution in [2.24, 2.45) is 0 Å². The first-order chi connectivity index (χ1) is 12.5. The smallest absolute Gasteiger partial charge is 0.244 e. The molecule has 1 aromatic rings. The number of allylic oxidation sites excluding steroid dienone is 3. The molecule has 1 atom stereocenters. The van der Waals surface area contributed by atoms with Crippen LogP contribution in [0.3, 0.4) is 0 Å². The van der Waals surface area contributed by atoms with E-state index in [0.29, 0.717) is 12.2 Å². The second kappa shape index (κ2) is 7.24. The molecule has 1 radical (unpaired) electrons. The van der Waals surface area contributed by atoms with Crippen LogP contribution < -0.4 is 0 Å². The van der Waals surface area contributed by atoms with Gasteiger partial charge in [-0.05, 0) is 18.2 Å². The summed E-state index contributed by atoms with van der Waals surface area (Å²) < 4.78 is 114. The van der Waals surface area contributed by atoms with Crippen molar-refractivity contribution in [1.29, 1.82) is 0 Å². The molecule has 0 saturated heterocycles. The minimum absolute atomic E-state index is 0.0281. The second-order valence-electron chi connectivity index (χ2n) is 5.42. The van der Waals surface area contributed by atoms with Crippen molar-refractivity contribution in [1.82, 2.24) is 4.98 Å². The van der Waals surface area contributed by atoms with Crippen molar-refractivity contribution in [2.75, 3.05) is 0 Å². The molecule has 0 spiro atoms. The molecule has 0 amide bonds. The third kappa shape index (κ3) is 3.74. The Morgan fingerprint density at radius 1 is 1.11 bits per heavy atom. The predicted molar refractivity (Wildman–Crippen MR) is 94.1 cm³/mol. The summed E-state index contributed by atoms with van der Waals surface area (Å²) in [5.74, 6) is -6.83. The molecule has 1 aromatic heterocycles. The van der Waals surface area contributed by atoms with E-state index < -0.39 is 36.4 Å². The molecule has 14 heteroatoms. The third-order valence-electron chi connectivity index (χ3n) is 3.52. The summed E-state index contributed by atoms with van der Waals surface area (Å²) >= 11 is 11.8. The zero-order valence-electron chi connectivity index (χ0n) is 12.9. The Morgan fingerprint density at radius 3 is 2.18 bits per heavy atom. The fourth-order valence-corrected chi connectivity index (χ4v) is 5.93. The summed E-state index contributed by atoms with van der Waals surface area (Å²) in [7, 11) is -6.49. The van der Waals surface area contributed by atoms with Crippen LogP contribution in [0, 0.1) is 6.42 Å². The monoisotopic (exact) mass is 578 g/mol. The first-order valence-corrected chi connectivity index (χ1v) is 10.2.